The van der Waals surface area contributed by atoms with Gasteiger partial charge in [-0.05, 0) is 55.6 Å². The van der Waals surface area contributed by atoms with Crippen LogP contribution in [0.2, 0.25) is 0 Å². The summed E-state index contributed by atoms with van der Waals surface area (Å²) in [5, 5.41) is 4.68. The zero-order valence-electron chi connectivity index (χ0n) is 43.6. The minimum Gasteiger partial charge on any atom is -0.363 e. The Hall–Kier alpha value is -2.65. The zero-order valence-corrected chi connectivity index (χ0v) is 19.6. The summed E-state index contributed by atoms with van der Waals surface area (Å²) in [5.41, 5.74) is -6.51. The van der Waals surface area contributed by atoms with E-state index in [1.807, 2.05) is 0 Å². The van der Waals surface area contributed by atoms with E-state index >= 15 is 0 Å². The van der Waals surface area contributed by atoms with Crippen molar-refractivity contribution in [1.82, 2.24) is 20.9 Å². The predicted octanol–water partition coefficient (Wildman–Crippen LogP) is 1.71. The lowest BCUT2D eigenvalue weighted by Gasteiger charge is -2.38. The maximum Gasteiger partial charge on any atom is 0.315 e. The van der Waals surface area contributed by atoms with Gasteiger partial charge in [-0.15, -0.1) is 0 Å². The Morgan fingerprint density at radius 1 is 1.05 bits per heavy atom. The van der Waals surface area contributed by atoms with Crippen molar-refractivity contribution in [3.8, 4) is 0 Å². The summed E-state index contributed by atoms with van der Waals surface area (Å²) < 4.78 is 194. The highest BCUT2D eigenvalue weighted by molar-refractivity contribution is 6.37. The molecule has 10 heteroatoms. The van der Waals surface area contributed by atoms with Crippen LogP contribution >= 0.6 is 0 Å². The molecule has 5 amide bonds. The summed E-state index contributed by atoms with van der Waals surface area (Å²) in [4.78, 5) is 68.3. The Balaban J connectivity index is 2.40. The van der Waals surface area contributed by atoms with Crippen LogP contribution in [0.25, 0.3) is 0 Å². The van der Waals surface area contributed by atoms with Crippen molar-refractivity contribution in [3.05, 3.63) is 0 Å². The Bertz CT molecular complexity index is 1650. The zero-order chi connectivity index (χ0) is 48.1. The number of ketones is 1. The molecule has 10 nitrogen and oxygen atoms in total. The number of carbonyl (C=O) groups is 5. The number of primary amides is 1. The lowest BCUT2D eigenvalue weighted by atomic mass is 9.80. The molecule has 3 aliphatic rings. The molecule has 0 aromatic carbocycles. The summed E-state index contributed by atoms with van der Waals surface area (Å²) in [7, 11) is 0. The SMILES string of the molecule is [2H]C([2H])([2H])C1(C([2H])([2H])[2H])C2[C@@H](C(=O)N[C@@H](CC3CCC3)C(=O)C(N)=O)N(C(=O)[C@@H](NC(=O)NC(C([2H])([2H])[2H])(C([2H])([2H])[2H])C([2H])([2H])[2H])C(C([2H])([2H])[2H])(C([2H])([2H])[2H])C([2H])([2H])[2H])C[C@@H]21. The van der Waals surface area contributed by atoms with E-state index in [1.165, 1.54) is 10.6 Å². The molecule has 1 heterocycles. The molecular formula is C27H45N5O5. The number of hydrogen-bond acceptors (Lipinski definition) is 5. The Morgan fingerprint density at radius 3 is 2.24 bits per heavy atom. The average Bonchev–Trinajstić information content (AvgIpc) is 3.50. The summed E-state index contributed by atoms with van der Waals surface area (Å²) in [5.74, 6) is -10.8. The van der Waals surface area contributed by atoms with Gasteiger partial charge < -0.3 is 26.6 Å². The molecule has 5 atom stereocenters. The van der Waals surface area contributed by atoms with Crippen LogP contribution < -0.4 is 21.7 Å². The Labute approximate surface area is 253 Å². The quantitative estimate of drug-likeness (QED) is 0.344. The van der Waals surface area contributed by atoms with Crippen LogP contribution in [0.15, 0.2) is 0 Å². The molecular weight excluding hydrogens is 474 g/mol. The minimum atomic E-state index is -4.54. The maximum atomic E-state index is 15.0. The van der Waals surface area contributed by atoms with Crippen molar-refractivity contribution in [2.75, 3.05) is 6.54 Å². The second-order valence-electron chi connectivity index (χ2n) is 9.85. The van der Waals surface area contributed by atoms with E-state index in [0.717, 1.165) is 0 Å². The number of carbonyl (C=O) groups excluding carboxylic acids is 5. The molecule has 0 aromatic rings. The summed E-state index contributed by atoms with van der Waals surface area (Å²) in [6, 6.07) is -10.3. The van der Waals surface area contributed by atoms with Gasteiger partial charge >= 0.3 is 6.03 Å². The van der Waals surface area contributed by atoms with Gasteiger partial charge in [0, 0.05) is 45.0 Å². The Kier molecular flexibility index (Phi) is 2.81. The first-order chi connectivity index (χ1) is 26.8. The van der Waals surface area contributed by atoms with E-state index in [9.17, 15) is 24.0 Å². The highest BCUT2D eigenvalue weighted by atomic mass is 16.2. The predicted molar refractivity (Wildman–Crippen MR) is 139 cm³/mol. The number of urea groups is 1. The van der Waals surface area contributed by atoms with Crippen molar-refractivity contribution in [2.45, 2.75) is 104 Å². The number of likely N-dealkylation sites (tertiary alicyclic amines) is 1. The van der Waals surface area contributed by atoms with Crippen molar-refractivity contribution >= 4 is 29.5 Å². The molecule has 3 rings (SSSR count). The topological polar surface area (TPSA) is 151 Å². The van der Waals surface area contributed by atoms with E-state index in [0.29, 0.717) is 19.3 Å². The van der Waals surface area contributed by atoms with Crippen LogP contribution in [0.1, 0.15) is 113 Å². The molecule has 0 bridgehead atoms. The number of piperidine rings is 1. The van der Waals surface area contributed by atoms with Gasteiger partial charge in [0.1, 0.15) is 12.1 Å². The van der Waals surface area contributed by atoms with Gasteiger partial charge in [0.2, 0.25) is 17.6 Å². The van der Waals surface area contributed by atoms with Gasteiger partial charge in [-0.1, -0.05) is 53.5 Å². The van der Waals surface area contributed by atoms with E-state index in [1.54, 1.807) is 0 Å². The molecule has 1 unspecified atom stereocenters. The van der Waals surface area contributed by atoms with Crippen molar-refractivity contribution in [3.63, 3.8) is 0 Å². The third-order valence-corrected chi connectivity index (χ3v) is 6.98. The van der Waals surface area contributed by atoms with E-state index in [-0.39, 0.29) is 17.2 Å². The van der Waals surface area contributed by atoms with Crippen LogP contribution in [-0.2, 0) is 19.2 Å². The molecule has 3 fully saturated rings. The smallest absolute Gasteiger partial charge is 0.315 e. The van der Waals surface area contributed by atoms with Crippen molar-refractivity contribution in [2.24, 2.45) is 34.3 Å². The number of amides is 5. The number of nitrogens with one attached hydrogen (secondary N) is 3. The second kappa shape index (κ2) is 9.91. The first-order valence-electron chi connectivity index (χ1n) is 23.4. The van der Waals surface area contributed by atoms with E-state index < -0.39 is 137 Å². The lowest BCUT2D eigenvalue weighted by Crippen LogP contribution is -2.62. The number of nitrogens with zero attached hydrogens (tertiary/aromatic N) is 1. The molecule has 0 radical (unpaired) electrons. The summed E-state index contributed by atoms with van der Waals surface area (Å²) >= 11 is 0. The number of nitrogens with two attached hydrogens (primary N) is 1. The molecule has 2 aliphatic carbocycles. The summed E-state index contributed by atoms with van der Waals surface area (Å²) in [6.45, 7) is -34.2. The van der Waals surface area contributed by atoms with E-state index in [2.05, 4.69) is 5.32 Å². The van der Waals surface area contributed by atoms with E-state index in [4.69, 9.17) is 38.6 Å². The van der Waals surface area contributed by atoms with Crippen LogP contribution in [0.4, 0.5) is 4.79 Å². The number of Topliss-reactive ketones (excluding diaryl/α,β-unsaturated/α-hetero) is 1. The lowest BCUT2D eigenvalue weighted by molar-refractivity contribution is -0.145. The summed E-state index contributed by atoms with van der Waals surface area (Å²) in [6.07, 6.45) is 1.43. The Morgan fingerprint density at radius 2 is 1.73 bits per heavy atom. The van der Waals surface area contributed by atoms with Crippen LogP contribution in [0, 0.1) is 28.6 Å². The number of hydrogen-bond donors (Lipinski definition) is 4. The molecule has 1 saturated heterocycles. The highest BCUT2D eigenvalue weighted by Crippen LogP contribution is 2.65. The molecule has 2 saturated carbocycles. The van der Waals surface area contributed by atoms with Gasteiger partial charge in [-0.2, -0.15) is 0 Å². The third-order valence-electron chi connectivity index (χ3n) is 6.98. The fourth-order valence-corrected chi connectivity index (χ4v) is 4.85. The molecule has 5 N–H and O–H groups in total. The largest absolute Gasteiger partial charge is 0.363 e. The molecule has 0 aromatic heterocycles. The molecule has 208 valence electrons. The molecule has 37 heavy (non-hydrogen) atoms. The average molecular weight is 544 g/mol. The second-order valence-corrected chi connectivity index (χ2v) is 9.85. The standard InChI is InChI=1S/C27H45N5O5/c1-25(2,3)20(30-24(37)31-26(4,5)6)23(36)32-13-15-17(27(15,7)8)18(32)22(35)29-16(19(33)21(28)34)12-14-10-9-11-14/h14-18,20H,9-13H2,1-8H3,(H2,28,34)(H,29,35)(H2,30,31,37)/t15-,16-,17?,18-,20+/m0/s1/i1D3,2D3,3D3,4D3,5D3,6D3,7D3,8D3. The van der Waals surface area contributed by atoms with Gasteiger partial charge in [0.05, 0.1) is 6.04 Å². The third kappa shape index (κ3) is 6.26. The van der Waals surface area contributed by atoms with Gasteiger partial charge in [0.15, 0.2) is 0 Å². The van der Waals surface area contributed by atoms with Gasteiger partial charge in [-0.25, -0.2) is 4.79 Å². The van der Waals surface area contributed by atoms with Crippen molar-refractivity contribution < 1.29 is 56.9 Å². The van der Waals surface area contributed by atoms with Gasteiger partial charge in [0.25, 0.3) is 5.91 Å². The number of rotatable bonds is 8. The molecule has 0 spiro atoms. The minimum absolute atomic E-state index is 0.156. The first-order valence-corrected chi connectivity index (χ1v) is 11.4. The van der Waals surface area contributed by atoms with Crippen LogP contribution in [0.5, 0.6) is 0 Å². The molecule has 1 aliphatic heterocycles. The van der Waals surface area contributed by atoms with Crippen LogP contribution in [0.3, 0.4) is 0 Å². The number of fused-ring (bicyclic) bond motifs is 1. The fourth-order valence-electron chi connectivity index (χ4n) is 4.85. The first kappa shape index (κ1) is 10.5. The van der Waals surface area contributed by atoms with Gasteiger partial charge in [-0.3, -0.25) is 19.2 Å². The normalized spacial score (nSPS) is 38.6. The maximum absolute atomic E-state index is 15.0. The van der Waals surface area contributed by atoms with Crippen LogP contribution in [-0.4, -0.2) is 64.6 Å². The monoisotopic (exact) mass is 543 g/mol. The van der Waals surface area contributed by atoms with Crippen molar-refractivity contribution in [1.29, 1.82) is 0 Å². The highest BCUT2D eigenvalue weighted by Gasteiger charge is 2.70. The fraction of sp³-hybridized carbons (Fsp3) is 0.815.